The van der Waals surface area contributed by atoms with E-state index in [1.165, 1.54) is 19.3 Å². The minimum Gasteiger partial charge on any atom is -0.394 e. The van der Waals surface area contributed by atoms with Crippen molar-refractivity contribution in [2.75, 3.05) is 6.61 Å². The van der Waals surface area contributed by atoms with Gasteiger partial charge in [-0.25, -0.2) is 4.79 Å². The van der Waals surface area contributed by atoms with E-state index < -0.39 is 0 Å². The maximum Gasteiger partial charge on any atom is 0.315 e. The Balaban J connectivity index is 2.44. The van der Waals surface area contributed by atoms with Crippen molar-refractivity contribution in [3.8, 4) is 0 Å². The second-order valence-corrected chi connectivity index (χ2v) is 5.50. The van der Waals surface area contributed by atoms with E-state index in [0.717, 1.165) is 6.42 Å². The first kappa shape index (κ1) is 14.3. The topological polar surface area (TPSA) is 61.4 Å². The fraction of sp³-hybridized carbons (Fsp3) is 0.923. The molecule has 3 atom stereocenters. The Morgan fingerprint density at radius 3 is 2.53 bits per heavy atom. The number of aliphatic hydroxyl groups is 1. The van der Waals surface area contributed by atoms with Crippen molar-refractivity contribution in [1.82, 2.24) is 10.6 Å². The Hall–Kier alpha value is -0.770. The van der Waals surface area contributed by atoms with Crippen molar-refractivity contribution in [1.29, 1.82) is 0 Å². The highest BCUT2D eigenvalue weighted by molar-refractivity contribution is 5.74. The Bertz CT molecular complexity index is 244. The lowest BCUT2D eigenvalue weighted by Crippen LogP contribution is -2.50. The van der Waals surface area contributed by atoms with Crippen LogP contribution in [0.2, 0.25) is 0 Å². The van der Waals surface area contributed by atoms with E-state index in [1.807, 2.05) is 0 Å². The Labute approximate surface area is 104 Å². The highest BCUT2D eigenvalue weighted by Gasteiger charge is 2.28. The number of amides is 2. The van der Waals surface area contributed by atoms with Crippen LogP contribution < -0.4 is 10.6 Å². The van der Waals surface area contributed by atoms with E-state index in [4.69, 9.17) is 5.11 Å². The molecule has 100 valence electrons. The van der Waals surface area contributed by atoms with E-state index in [2.05, 4.69) is 24.5 Å². The quantitative estimate of drug-likeness (QED) is 0.705. The SMILES string of the molecule is CC(CO)NC(=O)NC1CCCCC1C(C)C. The summed E-state index contributed by atoms with van der Waals surface area (Å²) in [6, 6.07) is -0.0465. The minimum absolute atomic E-state index is 0.0221. The van der Waals surface area contributed by atoms with Crippen LogP contribution in [0.4, 0.5) is 4.79 Å². The lowest BCUT2D eigenvalue weighted by molar-refractivity contribution is 0.187. The molecule has 0 spiro atoms. The van der Waals surface area contributed by atoms with Gasteiger partial charge in [0, 0.05) is 6.04 Å². The molecular formula is C13H26N2O2. The molecule has 1 aliphatic rings. The standard InChI is InChI=1S/C13H26N2O2/c1-9(2)11-6-4-5-7-12(11)15-13(17)14-10(3)8-16/h9-12,16H,4-8H2,1-3H3,(H2,14,15,17). The fourth-order valence-electron chi connectivity index (χ4n) is 2.62. The molecule has 0 aliphatic heterocycles. The first-order chi connectivity index (χ1) is 8.04. The number of carbonyl (C=O) groups is 1. The van der Waals surface area contributed by atoms with Gasteiger partial charge in [0.2, 0.25) is 0 Å². The van der Waals surface area contributed by atoms with E-state index in [1.54, 1.807) is 6.92 Å². The summed E-state index contributed by atoms with van der Waals surface area (Å²) in [6.45, 7) is 6.21. The van der Waals surface area contributed by atoms with Gasteiger partial charge in [0.1, 0.15) is 0 Å². The monoisotopic (exact) mass is 242 g/mol. The number of hydrogen-bond acceptors (Lipinski definition) is 2. The molecule has 1 saturated carbocycles. The fourth-order valence-corrected chi connectivity index (χ4v) is 2.62. The van der Waals surface area contributed by atoms with Gasteiger partial charge in [0.15, 0.2) is 0 Å². The average molecular weight is 242 g/mol. The third-order valence-corrected chi connectivity index (χ3v) is 3.64. The number of nitrogens with one attached hydrogen (secondary N) is 2. The average Bonchev–Trinajstić information content (AvgIpc) is 2.29. The third-order valence-electron chi connectivity index (χ3n) is 3.64. The molecule has 4 heteroatoms. The van der Waals surface area contributed by atoms with Gasteiger partial charge in [0.25, 0.3) is 0 Å². The Morgan fingerprint density at radius 2 is 1.94 bits per heavy atom. The third kappa shape index (κ3) is 4.54. The molecule has 0 aromatic rings. The zero-order valence-electron chi connectivity index (χ0n) is 11.2. The van der Waals surface area contributed by atoms with Gasteiger partial charge in [0.05, 0.1) is 12.6 Å². The summed E-state index contributed by atoms with van der Waals surface area (Å²) in [7, 11) is 0. The molecule has 4 nitrogen and oxygen atoms in total. The molecule has 1 aliphatic carbocycles. The van der Waals surface area contributed by atoms with Crippen molar-refractivity contribution in [2.45, 2.75) is 58.5 Å². The lowest BCUT2D eigenvalue weighted by Gasteiger charge is -2.35. The Kier molecular flexibility index (Phi) is 5.75. The highest BCUT2D eigenvalue weighted by Crippen LogP contribution is 2.30. The molecular weight excluding hydrogens is 216 g/mol. The van der Waals surface area contributed by atoms with Crippen molar-refractivity contribution >= 4 is 6.03 Å². The van der Waals surface area contributed by atoms with Gasteiger partial charge in [-0.05, 0) is 31.6 Å². The number of hydrogen-bond donors (Lipinski definition) is 3. The molecule has 3 N–H and O–H groups in total. The molecule has 0 saturated heterocycles. The summed E-state index contributed by atoms with van der Waals surface area (Å²) >= 11 is 0. The number of aliphatic hydroxyl groups excluding tert-OH is 1. The second kappa shape index (κ2) is 6.84. The van der Waals surface area contributed by atoms with Gasteiger partial charge in [-0.1, -0.05) is 26.7 Å². The van der Waals surface area contributed by atoms with Crippen LogP contribution in [0, 0.1) is 11.8 Å². The predicted molar refractivity (Wildman–Crippen MR) is 68.8 cm³/mol. The van der Waals surface area contributed by atoms with Crippen molar-refractivity contribution in [3.63, 3.8) is 0 Å². The molecule has 0 aromatic heterocycles. The van der Waals surface area contributed by atoms with Gasteiger partial charge >= 0.3 is 6.03 Å². The molecule has 2 amide bonds. The van der Waals surface area contributed by atoms with Crippen LogP contribution in [0.3, 0.4) is 0 Å². The maximum absolute atomic E-state index is 11.7. The highest BCUT2D eigenvalue weighted by atomic mass is 16.3. The van der Waals surface area contributed by atoms with E-state index >= 15 is 0 Å². The summed E-state index contributed by atoms with van der Waals surface area (Å²) in [5, 5.41) is 14.7. The normalized spacial score (nSPS) is 26.6. The first-order valence-corrected chi connectivity index (χ1v) is 6.72. The number of carbonyl (C=O) groups excluding carboxylic acids is 1. The zero-order valence-corrected chi connectivity index (χ0v) is 11.2. The van der Waals surface area contributed by atoms with Crippen LogP contribution in [0.15, 0.2) is 0 Å². The van der Waals surface area contributed by atoms with Crippen LogP contribution >= 0.6 is 0 Å². The van der Waals surface area contributed by atoms with Gasteiger partial charge < -0.3 is 15.7 Å². The summed E-state index contributed by atoms with van der Waals surface area (Å²) in [5.41, 5.74) is 0. The molecule has 17 heavy (non-hydrogen) atoms. The summed E-state index contributed by atoms with van der Waals surface area (Å²) in [6.07, 6.45) is 4.75. The summed E-state index contributed by atoms with van der Waals surface area (Å²) in [5.74, 6) is 1.19. The first-order valence-electron chi connectivity index (χ1n) is 6.72. The van der Waals surface area contributed by atoms with Crippen LogP contribution in [-0.2, 0) is 0 Å². The number of rotatable bonds is 4. The van der Waals surface area contributed by atoms with Crippen molar-refractivity contribution in [3.05, 3.63) is 0 Å². The van der Waals surface area contributed by atoms with Crippen molar-refractivity contribution in [2.24, 2.45) is 11.8 Å². The van der Waals surface area contributed by atoms with Gasteiger partial charge in [-0.3, -0.25) is 0 Å². The molecule has 1 fully saturated rings. The van der Waals surface area contributed by atoms with Crippen molar-refractivity contribution < 1.29 is 9.90 Å². The molecule has 1 rings (SSSR count). The smallest absolute Gasteiger partial charge is 0.315 e. The molecule has 3 unspecified atom stereocenters. The molecule has 0 heterocycles. The van der Waals surface area contributed by atoms with E-state index in [-0.39, 0.29) is 24.7 Å². The summed E-state index contributed by atoms with van der Waals surface area (Å²) < 4.78 is 0. The molecule has 0 bridgehead atoms. The van der Waals surface area contributed by atoms with Crippen LogP contribution in [0.25, 0.3) is 0 Å². The van der Waals surface area contributed by atoms with Crippen LogP contribution in [0.5, 0.6) is 0 Å². The molecule has 0 radical (unpaired) electrons. The summed E-state index contributed by atoms with van der Waals surface area (Å²) in [4.78, 5) is 11.7. The largest absolute Gasteiger partial charge is 0.394 e. The van der Waals surface area contributed by atoms with E-state index in [9.17, 15) is 4.79 Å². The zero-order chi connectivity index (χ0) is 12.8. The minimum atomic E-state index is -0.184. The maximum atomic E-state index is 11.7. The van der Waals surface area contributed by atoms with Crippen LogP contribution in [0.1, 0.15) is 46.5 Å². The van der Waals surface area contributed by atoms with Gasteiger partial charge in [-0.2, -0.15) is 0 Å². The Morgan fingerprint density at radius 1 is 1.29 bits per heavy atom. The van der Waals surface area contributed by atoms with Crippen LogP contribution in [-0.4, -0.2) is 29.8 Å². The number of urea groups is 1. The predicted octanol–water partition coefficient (Wildman–Crippen LogP) is 1.88. The molecule has 0 aromatic carbocycles. The van der Waals surface area contributed by atoms with Gasteiger partial charge in [-0.15, -0.1) is 0 Å². The lowest BCUT2D eigenvalue weighted by atomic mass is 9.78. The van der Waals surface area contributed by atoms with E-state index in [0.29, 0.717) is 11.8 Å². The second-order valence-electron chi connectivity index (χ2n) is 5.50.